The topological polar surface area (TPSA) is 117 Å². The third kappa shape index (κ3) is 4.73. The summed E-state index contributed by atoms with van der Waals surface area (Å²) >= 11 is 0. The molecule has 2 aromatic rings. The van der Waals surface area contributed by atoms with Crippen molar-refractivity contribution in [2.24, 2.45) is 12.8 Å². The maximum absolute atomic E-state index is 13.1. The Balaban J connectivity index is 2.17. The van der Waals surface area contributed by atoms with E-state index in [1.807, 2.05) is 24.5 Å². The highest BCUT2D eigenvalue weighted by molar-refractivity contribution is 5.75. The smallest absolute Gasteiger partial charge is 0.332 e. The number of aromatic nitrogens is 4. The van der Waals surface area contributed by atoms with Gasteiger partial charge in [-0.15, -0.1) is 0 Å². The van der Waals surface area contributed by atoms with Gasteiger partial charge in [0.1, 0.15) is 0 Å². The van der Waals surface area contributed by atoms with Crippen LogP contribution in [0.25, 0.3) is 11.2 Å². The number of methoxy groups -OCH3 is 1. The molecule has 2 aromatic heterocycles. The highest BCUT2D eigenvalue weighted by Crippen LogP contribution is 2.23. The van der Waals surface area contributed by atoms with Crippen LogP contribution in [0.3, 0.4) is 0 Å². The predicted molar refractivity (Wildman–Crippen MR) is 119 cm³/mol. The Morgan fingerprint density at radius 2 is 2.03 bits per heavy atom. The zero-order valence-electron chi connectivity index (χ0n) is 18.8. The number of hydrogen-bond donors (Lipinski definition) is 1. The summed E-state index contributed by atoms with van der Waals surface area (Å²) in [5.41, 5.74) is 7.20. The number of aryl methyl sites for hydroxylation is 1. The Kier molecular flexibility index (Phi) is 6.99. The van der Waals surface area contributed by atoms with Gasteiger partial charge in [-0.3, -0.25) is 18.7 Å². The third-order valence-electron chi connectivity index (χ3n) is 5.62. The highest BCUT2D eigenvalue weighted by Gasteiger charge is 2.26. The number of carbonyl (C=O) groups is 1. The molecule has 1 aliphatic heterocycles. The zero-order chi connectivity index (χ0) is 22.7. The fraction of sp³-hybridized carbons (Fsp3) is 0.619. The van der Waals surface area contributed by atoms with Crippen molar-refractivity contribution in [3.05, 3.63) is 32.5 Å². The molecule has 1 fully saturated rings. The number of fused-ring (bicyclic) bond motifs is 1. The van der Waals surface area contributed by atoms with Crippen LogP contribution in [0.2, 0.25) is 0 Å². The summed E-state index contributed by atoms with van der Waals surface area (Å²) in [4.78, 5) is 44.4. The van der Waals surface area contributed by atoms with Gasteiger partial charge in [0.05, 0.1) is 7.11 Å². The van der Waals surface area contributed by atoms with E-state index in [2.05, 4.69) is 9.64 Å². The van der Waals surface area contributed by atoms with E-state index in [4.69, 9.17) is 10.7 Å². The van der Waals surface area contributed by atoms with Crippen LogP contribution in [0.15, 0.2) is 21.2 Å². The second-order valence-corrected chi connectivity index (χ2v) is 8.30. The van der Waals surface area contributed by atoms with Crippen molar-refractivity contribution in [1.29, 1.82) is 0 Å². The molecule has 170 valence electrons. The standard InChI is InChI=1S/C21H32N6O4/c1-14(2)9-12-26-17-18(23-20(26)25-10-5-7-15(22)13-25)27(11-6-8-16(28)31-4)21(30)24(3)19(17)29/h9,15H,5-8,10-13,22H2,1-4H3. The van der Waals surface area contributed by atoms with Gasteiger partial charge in [0.2, 0.25) is 5.95 Å². The van der Waals surface area contributed by atoms with Crippen LogP contribution >= 0.6 is 0 Å². The van der Waals surface area contributed by atoms with E-state index in [0.29, 0.717) is 36.6 Å². The first-order valence-electron chi connectivity index (χ1n) is 10.6. The van der Waals surface area contributed by atoms with Crippen molar-refractivity contribution in [3.8, 4) is 0 Å². The van der Waals surface area contributed by atoms with Crippen LogP contribution in [0.5, 0.6) is 0 Å². The van der Waals surface area contributed by atoms with Crippen molar-refractivity contribution < 1.29 is 9.53 Å². The number of allylic oxidation sites excluding steroid dienone is 2. The van der Waals surface area contributed by atoms with Crippen LogP contribution in [-0.4, -0.2) is 50.9 Å². The number of nitrogens with zero attached hydrogens (tertiary/aromatic N) is 5. The van der Waals surface area contributed by atoms with E-state index in [1.165, 1.54) is 18.7 Å². The molecule has 10 heteroatoms. The van der Waals surface area contributed by atoms with Gasteiger partial charge in [-0.05, 0) is 33.1 Å². The van der Waals surface area contributed by atoms with Crippen molar-refractivity contribution in [3.63, 3.8) is 0 Å². The number of nitrogens with two attached hydrogens (primary N) is 1. The number of imidazole rings is 1. The number of esters is 1. The normalized spacial score (nSPS) is 16.5. The van der Waals surface area contributed by atoms with Gasteiger partial charge in [-0.2, -0.15) is 4.98 Å². The van der Waals surface area contributed by atoms with Gasteiger partial charge >= 0.3 is 11.7 Å². The van der Waals surface area contributed by atoms with Crippen LogP contribution in [-0.2, 0) is 29.7 Å². The van der Waals surface area contributed by atoms with Crippen molar-refractivity contribution in [2.75, 3.05) is 25.1 Å². The molecule has 1 aliphatic rings. The molecule has 0 amide bonds. The molecule has 0 saturated carbocycles. The van der Waals surface area contributed by atoms with Crippen LogP contribution in [0.4, 0.5) is 5.95 Å². The maximum Gasteiger partial charge on any atom is 0.332 e. The molecule has 0 radical (unpaired) electrons. The summed E-state index contributed by atoms with van der Waals surface area (Å²) < 4.78 is 9.15. The quantitative estimate of drug-likeness (QED) is 0.507. The number of piperidine rings is 1. The van der Waals surface area contributed by atoms with Crippen LogP contribution in [0, 0.1) is 0 Å². The van der Waals surface area contributed by atoms with Gasteiger partial charge < -0.3 is 19.9 Å². The second kappa shape index (κ2) is 9.51. The first-order chi connectivity index (χ1) is 14.7. The van der Waals surface area contributed by atoms with Gasteiger partial charge in [-0.1, -0.05) is 11.6 Å². The average Bonchev–Trinajstić information content (AvgIpc) is 3.12. The van der Waals surface area contributed by atoms with Crippen LogP contribution in [0.1, 0.15) is 39.5 Å². The number of hydrogen-bond acceptors (Lipinski definition) is 7. The number of carbonyl (C=O) groups excluding carboxylic acids is 1. The van der Waals surface area contributed by atoms with E-state index in [0.717, 1.165) is 29.5 Å². The molecule has 0 aromatic carbocycles. The number of ether oxygens (including phenoxy) is 1. The molecule has 2 N–H and O–H groups in total. The molecule has 3 rings (SSSR count). The fourth-order valence-electron chi connectivity index (χ4n) is 3.91. The van der Waals surface area contributed by atoms with E-state index >= 15 is 0 Å². The summed E-state index contributed by atoms with van der Waals surface area (Å²) in [5.74, 6) is 0.304. The summed E-state index contributed by atoms with van der Waals surface area (Å²) in [6, 6.07) is 0.0375. The molecule has 3 heterocycles. The highest BCUT2D eigenvalue weighted by atomic mass is 16.5. The van der Waals surface area contributed by atoms with Gasteiger partial charge in [0.15, 0.2) is 11.2 Å². The molecule has 0 aliphatic carbocycles. The first-order valence-corrected chi connectivity index (χ1v) is 10.6. The SMILES string of the molecule is COC(=O)CCCn1c(=O)n(C)c(=O)c2c1nc(N1CCCC(N)C1)n2CC=C(C)C. The lowest BCUT2D eigenvalue weighted by Gasteiger charge is -2.31. The van der Waals surface area contributed by atoms with Crippen molar-refractivity contribution >= 4 is 23.1 Å². The lowest BCUT2D eigenvalue weighted by Crippen LogP contribution is -2.44. The molecule has 31 heavy (non-hydrogen) atoms. The Bertz CT molecular complexity index is 1110. The van der Waals surface area contributed by atoms with E-state index in [9.17, 15) is 14.4 Å². The average molecular weight is 433 g/mol. The molecule has 0 spiro atoms. The molecular weight excluding hydrogens is 400 g/mol. The maximum atomic E-state index is 13.1. The van der Waals surface area contributed by atoms with Gasteiger partial charge in [0, 0.05) is 45.7 Å². The molecule has 1 saturated heterocycles. The summed E-state index contributed by atoms with van der Waals surface area (Å²) in [6.07, 6.45) is 4.51. The number of anilines is 1. The summed E-state index contributed by atoms with van der Waals surface area (Å²) in [5, 5.41) is 0. The van der Waals surface area contributed by atoms with Gasteiger partial charge in [-0.25, -0.2) is 4.79 Å². The minimum atomic E-state index is -0.448. The third-order valence-corrected chi connectivity index (χ3v) is 5.62. The lowest BCUT2D eigenvalue weighted by molar-refractivity contribution is -0.140. The Morgan fingerprint density at radius 3 is 2.68 bits per heavy atom. The molecule has 1 atom stereocenters. The molecule has 0 bridgehead atoms. The predicted octanol–water partition coefficient (Wildman–Crippen LogP) is 0.744. The first kappa shape index (κ1) is 22.8. The van der Waals surface area contributed by atoms with E-state index < -0.39 is 5.69 Å². The zero-order valence-corrected chi connectivity index (χ0v) is 18.8. The van der Waals surface area contributed by atoms with Crippen molar-refractivity contribution in [1.82, 2.24) is 18.7 Å². The Hall–Kier alpha value is -2.88. The minimum absolute atomic E-state index is 0.0375. The Morgan fingerprint density at radius 1 is 1.29 bits per heavy atom. The minimum Gasteiger partial charge on any atom is -0.469 e. The molecular formula is C21H32N6O4. The van der Waals surface area contributed by atoms with Crippen molar-refractivity contribution in [2.45, 2.75) is 58.7 Å². The second-order valence-electron chi connectivity index (χ2n) is 8.30. The van der Waals surface area contributed by atoms with Gasteiger partial charge in [0.25, 0.3) is 5.56 Å². The monoisotopic (exact) mass is 432 g/mol. The van der Waals surface area contributed by atoms with Crippen LogP contribution < -0.4 is 21.9 Å². The largest absolute Gasteiger partial charge is 0.469 e. The fourth-order valence-corrected chi connectivity index (χ4v) is 3.91. The summed E-state index contributed by atoms with van der Waals surface area (Å²) in [6.45, 7) is 6.16. The summed E-state index contributed by atoms with van der Waals surface area (Å²) in [7, 11) is 2.80. The number of rotatable bonds is 7. The molecule has 1 unspecified atom stereocenters. The molecule has 10 nitrogen and oxygen atoms in total. The van der Waals surface area contributed by atoms with E-state index in [1.54, 1.807) is 0 Å². The van der Waals surface area contributed by atoms with E-state index in [-0.39, 0.29) is 30.5 Å². The lowest BCUT2D eigenvalue weighted by atomic mass is 10.1. The Labute approximate surface area is 180 Å².